The summed E-state index contributed by atoms with van der Waals surface area (Å²) in [7, 11) is 0. The van der Waals surface area contributed by atoms with Gasteiger partial charge in [-0.2, -0.15) is 0 Å². The first-order valence-electron chi connectivity index (χ1n) is 6.78. The fourth-order valence-electron chi connectivity index (χ4n) is 2.85. The van der Waals surface area contributed by atoms with Gasteiger partial charge in [0.15, 0.2) is 6.29 Å². The molecule has 2 nitrogen and oxygen atoms in total. The molecule has 1 aromatic rings. The molecule has 1 aliphatic carbocycles. The van der Waals surface area contributed by atoms with Crippen LogP contribution >= 0.6 is 0 Å². The minimum atomic E-state index is 0.0277. The van der Waals surface area contributed by atoms with Crippen molar-refractivity contribution < 1.29 is 9.47 Å². The Morgan fingerprint density at radius 3 is 2.88 bits per heavy atom. The monoisotopic (exact) mass is 232 g/mol. The number of hydrogen-bond acceptors (Lipinski definition) is 2. The van der Waals surface area contributed by atoms with Crippen LogP contribution in [0.3, 0.4) is 0 Å². The predicted molar refractivity (Wildman–Crippen MR) is 66.8 cm³/mol. The van der Waals surface area contributed by atoms with Gasteiger partial charge in [0, 0.05) is 6.61 Å². The van der Waals surface area contributed by atoms with E-state index in [1.54, 1.807) is 0 Å². The summed E-state index contributed by atoms with van der Waals surface area (Å²) >= 11 is 0. The van der Waals surface area contributed by atoms with E-state index in [2.05, 4.69) is 24.3 Å². The first kappa shape index (κ1) is 11.2. The Balaban J connectivity index is 1.71. The van der Waals surface area contributed by atoms with Crippen molar-refractivity contribution in [3.05, 3.63) is 35.4 Å². The number of hydrogen-bond donors (Lipinski definition) is 0. The van der Waals surface area contributed by atoms with Crippen LogP contribution in [-0.4, -0.2) is 12.9 Å². The molecule has 1 heterocycles. The van der Waals surface area contributed by atoms with Gasteiger partial charge in [-0.05, 0) is 49.7 Å². The molecule has 1 fully saturated rings. The summed E-state index contributed by atoms with van der Waals surface area (Å²) in [6, 6.07) is 8.68. The minimum absolute atomic E-state index is 0.0277. The van der Waals surface area contributed by atoms with Gasteiger partial charge in [0.05, 0.1) is 6.10 Å². The third-order valence-corrected chi connectivity index (χ3v) is 3.77. The molecule has 3 rings (SSSR count). The lowest BCUT2D eigenvalue weighted by atomic mass is 9.89. The Morgan fingerprint density at radius 2 is 2.00 bits per heavy atom. The van der Waals surface area contributed by atoms with Crippen molar-refractivity contribution in [3.63, 3.8) is 0 Å². The molecule has 2 unspecified atom stereocenters. The van der Waals surface area contributed by atoms with Crippen LogP contribution in [0.4, 0.5) is 0 Å². The molecule has 92 valence electrons. The zero-order chi connectivity index (χ0) is 11.5. The smallest absolute Gasteiger partial charge is 0.158 e. The summed E-state index contributed by atoms with van der Waals surface area (Å²) in [5.41, 5.74) is 2.84. The third kappa shape index (κ3) is 2.53. The molecule has 17 heavy (non-hydrogen) atoms. The highest BCUT2D eigenvalue weighted by atomic mass is 16.7. The standard InChI is InChI=1S/C15H20O2/c1-2-8-13-12(6-1)7-5-9-14(13)17-15-10-3-4-11-16-15/h1-2,6,8,14-15H,3-5,7,9-11H2. The highest BCUT2D eigenvalue weighted by Gasteiger charge is 2.25. The average Bonchev–Trinajstić information content (AvgIpc) is 2.40. The maximum atomic E-state index is 6.14. The normalized spacial score (nSPS) is 28.7. The zero-order valence-electron chi connectivity index (χ0n) is 10.2. The van der Waals surface area contributed by atoms with Crippen molar-refractivity contribution in [2.45, 2.75) is 50.9 Å². The van der Waals surface area contributed by atoms with Gasteiger partial charge in [-0.25, -0.2) is 0 Å². The van der Waals surface area contributed by atoms with Gasteiger partial charge in [-0.15, -0.1) is 0 Å². The van der Waals surface area contributed by atoms with E-state index < -0.39 is 0 Å². The maximum absolute atomic E-state index is 6.14. The minimum Gasteiger partial charge on any atom is -0.353 e. The number of ether oxygens (including phenoxy) is 2. The summed E-state index contributed by atoms with van der Waals surface area (Å²) in [6.07, 6.45) is 7.31. The van der Waals surface area contributed by atoms with E-state index in [1.165, 1.54) is 36.8 Å². The quantitative estimate of drug-likeness (QED) is 0.775. The molecule has 0 saturated carbocycles. The molecule has 1 aliphatic heterocycles. The van der Waals surface area contributed by atoms with Crippen molar-refractivity contribution in [1.29, 1.82) is 0 Å². The molecule has 0 amide bonds. The molecule has 2 atom stereocenters. The zero-order valence-corrected chi connectivity index (χ0v) is 10.2. The molecule has 2 aliphatic rings. The van der Waals surface area contributed by atoms with E-state index in [0.717, 1.165) is 19.4 Å². The molecular formula is C15H20O2. The summed E-state index contributed by atoms with van der Waals surface area (Å²) in [4.78, 5) is 0. The fraction of sp³-hybridized carbons (Fsp3) is 0.600. The number of rotatable bonds is 2. The van der Waals surface area contributed by atoms with E-state index in [1.807, 2.05) is 0 Å². The van der Waals surface area contributed by atoms with Crippen molar-refractivity contribution >= 4 is 0 Å². The summed E-state index contributed by atoms with van der Waals surface area (Å²) < 4.78 is 11.8. The molecule has 1 saturated heterocycles. The Morgan fingerprint density at radius 1 is 1.06 bits per heavy atom. The van der Waals surface area contributed by atoms with Crippen molar-refractivity contribution in [3.8, 4) is 0 Å². The maximum Gasteiger partial charge on any atom is 0.158 e. The Bertz CT molecular complexity index is 369. The second-order valence-corrected chi connectivity index (χ2v) is 5.01. The summed E-state index contributed by atoms with van der Waals surface area (Å²) in [5.74, 6) is 0. The Kier molecular flexibility index (Phi) is 3.44. The molecule has 1 aromatic carbocycles. The summed E-state index contributed by atoms with van der Waals surface area (Å²) in [5, 5.41) is 0. The first-order chi connectivity index (χ1) is 8.43. The van der Waals surface area contributed by atoms with Crippen LogP contribution in [-0.2, 0) is 15.9 Å². The van der Waals surface area contributed by atoms with Gasteiger partial charge in [0.2, 0.25) is 0 Å². The second-order valence-electron chi connectivity index (χ2n) is 5.01. The van der Waals surface area contributed by atoms with E-state index in [9.17, 15) is 0 Å². The van der Waals surface area contributed by atoms with E-state index in [0.29, 0.717) is 0 Å². The van der Waals surface area contributed by atoms with Gasteiger partial charge in [-0.3, -0.25) is 0 Å². The van der Waals surface area contributed by atoms with Gasteiger partial charge < -0.3 is 9.47 Å². The summed E-state index contributed by atoms with van der Waals surface area (Å²) in [6.45, 7) is 0.860. The SMILES string of the molecule is c1ccc2c(c1)CCCC2OC1CCCCO1. The first-order valence-corrected chi connectivity index (χ1v) is 6.78. The lowest BCUT2D eigenvalue weighted by molar-refractivity contribution is -0.192. The van der Waals surface area contributed by atoms with Crippen LogP contribution in [0.5, 0.6) is 0 Å². The van der Waals surface area contributed by atoms with E-state index >= 15 is 0 Å². The van der Waals surface area contributed by atoms with Crippen LogP contribution in [0, 0.1) is 0 Å². The van der Waals surface area contributed by atoms with Gasteiger partial charge in [-0.1, -0.05) is 24.3 Å². The van der Waals surface area contributed by atoms with Crippen LogP contribution < -0.4 is 0 Å². The molecule has 0 N–H and O–H groups in total. The molecule has 2 heteroatoms. The van der Waals surface area contributed by atoms with E-state index in [-0.39, 0.29) is 12.4 Å². The average molecular weight is 232 g/mol. The number of aryl methyl sites for hydroxylation is 1. The van der Waals surface area contributed by atoms with Crippen LogP contribution in [0.15, 0.2) is 24.3 Å². The number of fused-ring (bicyclic) bond motifs is 1. The number of benzene rings is 1. The highest BCUT2D eigenvalue weighted by molar-refractivity contribution is 5.31. The Labute approximate surface area is 103 Å². The van der Waals surface area contributed by atoms with Crippen LogP contribution in [0.2, 0.25) is 0 Å². The predicted octanol–water partition coefficient (Wildman–Crippen LogP) is 3.61. The van der Waals surface area contributed by atoms with E-state index in [4.69, 9.17) is 9.47 Å². The lowest BCUT2D eigenvalue weighted by Gasteiger charge is -2.31. The second kappa shape index (κ2) is 5.19. The molecule has 0 aromatic heterocycles. The van der Waals surface area contributed by atoms with Crippen molar-refractivity contribution in [2.75, 3.05) is 6.61 Å². The topological polar surface area (TPSA) is 18.5 Å². The van der Waals surface area contributed by atoms with Crippen LogP contribution in [0.1, 0.15) is 49.3 Å². The fourth-order valence-corrected chi connectivity index (χ4v) is 2.85. The van der Waals surface area contributed by atoms with Crippen molar-refractivity contribution in [2.24, 2.45) is 0 Å². The largest absolute Gasteiger partial charge is 0.353 e. The lowest BCUT2D eigenvalue weighted by Crippen LogP contribution is -2.26. The van der Waals surface area contributed by atoms with Gasteiger partial charge >= 0.3 is 0 Å². The van der Waals surface area contributed by atoms with Gasteiger partial charge in [0.25, 0.3) is 0 Å². The van der Waals surface area contributed by atoms with Crippen LogP contribution in [0.25, 0.3) is 0 Å². The Hall–Kier alpha value is -0.860. The molecular weight excluding hydrogens is 212 g/mol. The highest BCUT2D eigenvalue weighted by Crippen LogP contribution is 2.34. The van der Waals surface area contributed by atoms with Gasteiger partial charge in [0.1, 0.15) is 0 Å². The molecule has 0 spiro atoms. The molecule has 0 radical (unpaired) electrons. The molecule has 0 bridgehead atoms. The van der Waals surface area contributed by atoms with Crippen molar-refractivity contribution in [1.82, 2.24) is 0 Å². The third-order valence-electron chi connectivity index (χ3n) is 3.77.